The smallest absolute Gasteiger partial charge is 0.113 e. The molecule has 2 atom stereocenters. The summed E-state index contributed by atoms with van der Waals surface area (Å²) in [6.07, 6.45) is 7.43. The third-order valence-electron chi connectivity index (χ3n) is 2.76. The fourth-order valence-electron chi connectivity index (χ4n) is 2.04. The second-order valence-electron chi connectivity index (χ2n) is 3.60. The van der Waals surface area contributed by atoms with Crippen LogP contribution in [0.4, 0.5) is 0 Å². The van der Waals surface area contributed by atoms with Gasteiger partial charge in [-0.2, -0.15) is 0 Å². The second-order valence-corrected chi connectivity index (χ2v) is 3.60. The van der Waals surface area contributed by atoms with E-state index in [9.17, 15) is 0 Å². The first-order valence-corrected chi connectivity index (χ1v) is 4.52. The lowest BCUT2D eigenvalue weighted by molar-refractivity contribution is 0.561. The van der Waals surface area contributed by atoms with Gasteiger partial charge in [0.2, 0.25) is 0 Å². The van der Waals surface area contributed by atoms with Crippen LogP contribution in [0.5, 0.6) is 0 Å². The molecule has 1 aliphatic rings. The van der Waals surface area contributed by atoms with Gasteiger partial charge < -0.3 is 10.3 Å². The number of rotatable bonds is 1. The molecule has 2 unspecified atom stereocenters. The molecule has 0 aromatic carbocycles. The molecule has 1 heterocycles. The SMILES string of the molecule is Cn1ccnc1C1CCCC1N. The Labute approximate surface area is 72.6 Å². The first-order chi connectivity index (χ1) is 5.79. The van der Waals surface area contributed by atoms with E-state index < -0.39 is 0 Å². The Kier molecular flexibility index (Phi) is 1.89. The Morgan fingerprint density at radius 1 is 1.58 bits per heavy atom. The van der Waals surface area contributed by atoms with E-state index in [1.165, 1.54) is 12.8 Å². The molecule has 12 heavy (non-hydrogen) atoms. The van der Waals surface area contributed by atoms with Crippen molar-refractivity contribution in [1.29, 1.82) is 0 Å². The summed E-state index contributed by atoms with van der Waals surface area (Å²) in [5.74, 6) is 1.64. The minimum absolute atomic E-state index is 0.325. The molecule has 0 bridgehead atoms. The minimum atomic E-state index is 0.325. The number of hydrogen-bond donors (Lipinski definition) is 1. The number of aromatic nitrogens is 2. The van der Waals surface area contributed by atoms with Crippen LogP contribution in [0.2, 0.25) is 0 Å². The highest BCUT2D eigenvalue weighted by atomic mass is 15.0. The molecule has 0 spiro atoms. The predicted molar refractivity (Wildman–Crippen MR) is 47.8 cm³/mol. The quantitative estimate of drug-likeness (QED) is 0.675. The lowest BCUT2D eigenvalue weighted by atomic mass is 10.0. The van der Waals surface area contributed by atoms with Crippen molar-refractivity contribution < 1.29 is 0 Å². The third kappa shape index (κ3) is 1.14. The van der Waals surface area contributed by atoms with Crippen molar-refractivity contribution in [2.75, 3.05) is 0 Å². The molecule has 1 aromatic rings. The molecule has 0 amide bonds. The zero-order valence-corrected chi connectivity index (χ0v) is 7.40. The van der Waals surface area contributed by atoms with Gasteiger partial charge in [-0.25, -0.2) is 4.98 Å². The normalized spacial score (nSPS) is 29.5. The van der Waals surface area contributed by atoms with Crippen LogP contribution >= 0.6 is 0 Å². The molecule has 2 N–H and O–H groups in total. The zero-order chi connectivity index (χ0) is 8.55. The second kappa shape index (κ2) is 2.90. The van der Waals surface area contributed by atoms with Crippen LogP contribution in [0.25, 0.3) is 0 Å². The average Bonchev–Trinajstić information content (AvgIpc) is 2.59. The van der Waals surface area contributed by atoms with Crippen molar-refractivity contribution in [1.82, 2.24) is 9.55 Å². The summed E-state index contributed by atoms with van der Waals surface area (Å²) in [5.41, 5.74) is 5.99. The Morgan fingerprint density at radius 3 is 2.92 bits per heavy atom. The van der Waals surface area contributed by atoms with Gasteiger partial charge in [0, 0.05) is 31.4 Å². The summed E-state index contributed by atoms with van der Waals surface area (Å²) < 4.78 is 2.08. The maximum absolute atomic E-state index is 5.99. The van der Waals surface area contributed by atoms with Crippen molar-refractivity contribution in [2.24, 2.45) is 12.8 Å². The summed E-state index contributed by atoms with van der Waals surface area (Å²) in [4.78, 5) is 4.33. The van der Waals surface area contributed by atoms with Crippen LogP contribution in [0.1, 0.15) is 31.0 Å². The summed E-state index contributed by atoms with van der Waals surface area (Å²) >= 11 is 0. The Balaban J connectivity index is 2.24. The number of nitrogens with two attached hydrogens (primary N) is 1. The van der Waals surface area contributed by atoms with Gasteiger partial charge in [0.1, 0.15) is 5.82 Å². The largest absolute Gasteiger partial charge is 0.338 e. The standard InChI is InChI=1S/C9H15N3/c1-12-6-5-11-9(12)7-3-2-4-8(7)10/h5-8H,2-4,10H2,1H3. The van der Waals surface area contributed by atoms with Crippen LogP contribution in [-0.4, -0.2) is 15.6 Å². The van der Waals surface area contributed by atoms with Gasteiger partial charge in [-0.3, -0.25) is 0 Å². The number of hydrogen-bond acceptors (Lipinski definition) is 2. The lowest BCUT2D eigenvalue weighted by Gasteiger charge is -2.14. The van der Waals surface area contributed by atoms with Crippen molar-refractivity contribution >= 4 is 0 Å². The summed E-state index contributed by atoms with van der Waals surface area (Å²) in [6.45, 7) is 0. The summed E-state index contributed by atoms with van der Waals surface area (Å²) in [6, 6.07) is 0.325. The highest BCUT2D eigenvalue weighted by molar-refractivity contribution is 5.06. The van der Waals surface area contributed by atoms with Gasteiger partial charge in [0.15, 0.2) is 0 Å². The molecular formula is C9H15N3. The number of nitrogens with zero attached hydrogens (tertiary/aromatic N) is 2. The summed E-state index contributed by atoms with van der Waals surface area (Å²) in [5, 5.41) is 0. The Hall–Kier alpha value is -0.830. The van der Waals surface area contributed by atoms with Gasteiger partial charge in [0.25, 0.3) is 0 Å². The maximum Gasteiger partial charge on any atom is 0.113 e. The molecule has 3 heteroatoms. The summed E-state index contributed by atoms with van der Waals surface area (Å²) in [7, 11) is 2.04. The van der Waals surface area contributed by atoms with E-state index in [2.05, 4.69) is 9.55 Å². The van der Waals surface area contributed by atoms with Crippen molar-refractivity contribution in [3.05, 3.63) is 18.2 Å². The fraction of sp³-hybridized carbons (Fsp3) is 0.667. The molecular weight excluding hydrogens is 150 g/mol. The van der Waals surface area contributed by atoms with E-state index in [1.54, 1.807) is 0 Å². The predicted octanol–water partition coefficient (Wildman–Crippen LogP) is 1.01. The minimum Gasteiger partial charge on any atom is -0.338 e. The molecule has 1 aromatic heterocycles. The van der Waals surface area contributed by atoms with Gasteiger partial charge in [-0.05, 0) is 12.8 Å². The van der Waals surface area contributed by atoms with E-state index in [4.69, 9.17) is 5.73 Å². The molecule has 1 saturated carbocycles. The van der Waals surface area contributed by atoms with Gasteiger partial charge in [-0.1, -0.05) is 6.42 Å². The van der Waals surface area contributed by atoms with Crippen LogP contribution in [0.3, 0.4) is 0 Å². The Morgan fingerprint density at radius 2 is 2.42 bits per heavy atom. The monoisotopic (exact) mass is 165 g/mol. The van der Waals surface area contributed by atoms with Crippen LogP contribution in [0.15, 0.2) is 12.4 Å². The molecule has 0 aliphatic heterocycles. The van der Waals surface area contributed by atoms with E-state index in [1.807, 2.05) is 19.4 Å². The molecule has 0 saturated heterocycles. The van der Waals surface area contributed by atoms with Crippen LogP contribution < -0.4 is 5.73 Å². The van der Waals surface area contributed by atoms with Gasteiger partial charge in [-0.15, -0.1) is 0 Å². The van der Waals surface area contributed by atoms with E-state index >= 15 is 0 Å². The van der Waals surface area contributed by atoms with Crippen LogP contribution in [0, 0.1) is 0 Å². The van der Waals surface area contributed by atoms with E-state index in [0.29, 0.717) is 12.0 Å². The maximum atomic E-state index is 5.99. The first kappa shape index (κ1) is 7.80. The van der Waals surface area contributed by atoms with Gasteiger partial charge in [0.05, 0.1) is 0 Å². The number of aryl methyl sites for hydroxylation is 1. The molecule has 1 fully saturated rings. The fourth-order valence-corrected chi connectivity index (χ4v) is 2.04. The van der Waals surface area contributed by atoms with Crippen molar-refractivity contribution in [3.8, 4) is 0 Å². The molecule has 3 nitrogen and oxygen atoms in total. The van der Waals surface area contributed by atoms with Gasteiger partial charge >= 0.3 is 0 Å². The first-order valence-electron chi connectivity index (χ1n) is 4.52. The lowest BCUT2D eigenvalue weighted by Crippen LogP contribution is -2.24. The van der Waals surface area contributed by atoms with E-state index in [0.717, 1.165) is 12.2 Å². The van der Waals surface area contributed by atoms with E-state index in [-0.39, 0.29) is 0 Å². The molecule has 66 valence electrons. The number of imidazole rings is 1. The van der Waals surface area contributed by atoms with Crippen molar-refractivity contribution in [2.45, 2.75) is 31.2 Å². The van der Waals surface area contributed by atoms with Crippen molar-refractivity contribution in [3.63, 3.8) is 0 Å². The molecule has 0 radical (unpaired) electrons. The topological polar surface area (TPSA) is 43.8 Å². The third-order valence-corrected chi connectivity index (χ3v) is 2.76. The zero-order valence-electron chi connectivity index (χ0n) is 7.40. The highest BCUT2D eigenvalue weighted by Gasteiger charge is 2.27. The molecule has 2 rings (SSSR count). The van der Waals surface area contributed by atoms with Crippen LogP contribution in [-0.2, 0) is 7.05 Å². The Bertz CT molecular complexity index is 266. The average molecular weight is 165 g/mol. The molecule has 1 aliphatic carbocycles. The highest BCUT2D eigenvalue weighted by Crippen LogP contribution is 2.31.